The van der Waals surface area contributed by atoms with Crippen molar-refractivity contribution in [2.45, 2.75) is 0 Å². The lowest BCUT2D eigenvalue weighted by Gasteiger charge is -2.44. The first-order chi connectivity index (χ1) is 62.1. The van der Waals surface area contributed by atoms with Gasteiger partial charge in [0.25, 0.3) is 0 Å². The maximum absolute atomic E-state index is 15.4. The highest BCUT2D eigenvalue weighted by atomic mass is 127. The summed E-state index contributed by atoms with van der Waals surface area (Å²) in [6, 6.07) is 0. The minimum Gasteiger partial charge on any atom is -0.207 e. The van der Waals surface area contributed by atoms with Crippen LogP contribution in [0.4, 0.5) is 263 Å². The van der Waals surface area contributed by atoms with E-state index in [9.17, 15) is 158 Å². The summed E-state index contributed by atoms with van der Waals surface area (Å²) in [6.07, 6.45) is -21.7. The Morgan fingerprint density at radius 3 is 0.123 bits per heavy atom. The van der Waals surface area contributed by atoms with E-state index in [-0.39, 0.29) is 71.9 Å². The predicted molar refractivity (Wildman–Crippen MR) is 336 cm³/mol. The number of hydrogen-bond donors (Lipinski definition) is 0. The van der Waals surface area contributed by atoms with E-state index in [2.05, 4.69) is 0 Å². The molecule has 0 nitrogen and oxygen atoms in total. The summed E-state index contributed by atoms with van der Waals surface area (Å²) in [5.74, 6) is -214. The zero-order valence-corrected chi connectivity index (χ0v) is 69.4. The van der Waals surface area contributed by atoms with Crippen LogP contribution in [0.3, 0.4) is 0 Å². The van der Waals surface area contributed by atoms with Crippen LogP contribution in [-0.2, 0) is 0 Å². The van der Waals surface area contributed by atoms with Gasteiger partial charge in [0, 0.05) is 0 Å². The average molecular weight is 2420 g/mol. The van der Waals surface area contributed by atoms with Crippen LogP contribution in [0, 0.1) is 349 Å². The van der Waals surface area contributed by atoms with Gasteiger partial charge in [0.2, 0.25) is 71.9 Å². The summed E-state index contributed by atoms with van der Waals surface area (Å²) in [7, 11) is 0. The van der Waals surface area contributed by atoms with Gasteiger partial charge in [-0.15, -0.1) is 65.6 Å². The maximum atomic E-state index is 15.4. The lowest BCUT2D eigenvalue weighted by Crippen LogP contribution is -3.00. The van der Waals surface area contributed by atoms with Gasteiger partial charge >= 0.3 is 0 Å². The van der Waals surface area contributed by atoms with E-state index in [4.69, 9.17) is 0 Å². The van der Waals surface area contributed by atoms with E-state index in [1.54, 1.807) is 0 Å². The fourth-order valence-corrected chi connectivity index (χ4v) is 14.6. The minimum absolute atomic E-state index is 0. The molecular formula is C72H6B3F60I3. The Balaban J connectivity index is 0.000000279. The molecule has 0 spiro atoms. The van der Waals surface area contributed by atoms with Gasteiger partial charge in [-0.25, -0.2) is 263 Å². The molecule has 0 aliphatic carbocycles. The molecule has 0 unspecified atom stereocenters. The Morgan fingerprint density at radius 1 is 0.0580 bits per heavy atom. The van der Waals surface area contributed by atoms with Crippen LogP contribution in [0.5, 0.6) is 0 Å². The van der Waals surface area contributed by atoms with Gasteiger partial charge in [0.1, 0.15) is 158 Å². The van der Waals surface area contributed by atoms with Gasteiger partial charge in [-0.2, -0.15) is 0 Å². The van der Waals surface area contributed by atoms with Crippen LogP contribution in [0.2, 0.25) is 0 Å². The van der Waals surface area contributed by atoms with Crippen molar-refractivity contribution in [3.8, 4) is 0 Å². The van der Waals surface area contributed by atoms with Gasteiger partial charge in [0.05, 0.1) is 0 Å². The summed E-state index contributed by atoms with van der Waals surface area (Å²) in [4.78, 5) is 0. The largest absolute Gasteiger partial charge is 0.235 e. The van der Waals surface area contributed by atoms with Crippen LogP contribution < -0.4 is 137 Å². The van der Waals surface area contributed by atoms with Crippen molar-refractivity contribution >= 4 is 84.0 Å². The van der Waals surface area contributed by atoms with Crippen molar-refractivity contribution in [1.82, 2.24) is 0 Å². The summed E-state index contributed by atoms with van der Waals surface area (Å²) in [6.45, 7) is 0. The number of hydrogen-bond acceptors (Lipinski definition) is 0. The molecule has 66 heteroatoms. The van der Waals surface area contributed by atoms with Crippen molar-refractivity contribution in [3.63, 3.8) is 0 Å². The Bertz CT molecular complexity index is 5400. The highest BCUT2D eigenvalue weighted by Crippen LogP contribution is 2.38. The summed E-state index contributed by atoms with van der Waals surface area (Å²) >= 11 is 0. The van der Waals surface area contributed by atoms with E-state index >= 15 is 105 Å². The zero-order valence-electron chi connectivity index (χ0n) is 61.8. The Hall–Kier alpha value is -11.2. The third-order valence-electron chi connectivity index (χ3n) is 20.1. The molecule has 0 aliphatic heterocycles. The average Bonchev–Trinajstić information content (AvgIpc) is 0.687. The van der Waals surface area contributed by atoms with Crippen LogP contribution in [-0.4, -0.2) is 18.4 Å². The monoisotopic (exact) mass is 2420 g/mol. The van der Waals surface area contributed by atoms with E-state index in [1.807, 2.05) is 0 Å². The molecule has 0 atom stereocenters. The molecule has 0 heterocycles. The smallest absolute Gasteiger partial charge is 0.207 e. The molecule has 0 aliphatic rings. The number of rotatable bonds is 12. The highest BCUT2D eigenvalue weighted by molar-refractivity contribution is 7.21. The molecule has 12 aromatic rings. The minimum atomic E-state index is -7.22. The van der Waals surface area contributed by atoms with Crippen LogP contribution in [0.1, 0.15) is 0 Å². The first-order valence-corrected chi connectivity index (χ1v) is 32.8. The number of halogens is 63. The summed E-state index contributed by atoms with van der Waals surface area (Å²) in [5, 5.41) is 0. The van der Waals surface area contributed by atoms with Gasteiger partial charge in [-0.05, 0) is 0 Å². The molecule has 0 radical (unpaired) electrons. The van der Waals surface area contributed by atoms with Gasteiger partial charge < -0.3 is 0 Å². The molecule has 0 bridgehead atoms. The second-order valence-electron chi connectivity index (χ2n) is 26.4. The van der Waals surface area contributed by atoms with Gasteiger partial charge in [0.15, 0.2) is 209 Å². The molecular weight excluding hydrogens is 2420 g/mol. The zero-order chi connectivity index (χ0) is 103. The van der Waals surface area contributed by atoms with E-state index in [1.165, 1.54) is 0 Å². The quantitative estimate of drug-likeness (QED) is 0.0410. The van der Waals surface area contributed by atoms with Gasteiger partial charge in [-0.1, -0.05) is 0 Å². The van der Waals surface area contributed by atoms with Crippen molar-refractivity contribution in [2.24, 2.45) is 0 Å². The van der Waals surface area contributed by atoms with Crippen LogP contribution >= 0.6 is 0 Å². The highest BCUT2D eigenvalue weighted by Gasteiger charge is 2.58. The summed E-state index contributed by atoms with van der Waals surface area (Å²) < 4.78 is 882. The molecule has 12 rings (SSSR count). The second-order valence-corrected chi connectivity index (χ2v) is 26.4. The molecule has 0 fully saturated rings. The first-order valence-electron chi connectivity index (χ1n) is 32.8. The van der Waals surface area contributed by atoms with Crippen molar-refractivity contribution < 1.29 is 335 Å². The van der Waals surface area contributed by atoms with Crippen molar-refractivity contribution in [1.29, 1.82) is 0 Å². The third-order valence-corrected chi connectivity index (χ3v) is 20.1. The molecule has 0 amide bonds. The Morgan fingerprint density at radius 2 is 0.0870 bits per heavy atom. The lowest BCUT2D eigenvalue weighted by molar-refractivity contribution is -0.00100. The molecule has 744 valence electrons. The fourth-order valence-electron chi connectivity index (χ4n) is 14.6. The van der Waals surface area contributed by atoms with Crippen LogP contribution in [0.15, 0.2) is 0 Å². The Kier molecular flexibility index (Phi) is 32.6. The van der Waals surface area contributed by atoms with Crippen LogP contribution in [0.25, 0.3) is 0 Å². The molecule has 12 aromatic carbocycles. The lowest BCUT2D eigenvalue weighted by atomic mass is 9.12. The second kappa shape index (κ2) is 39.5. The molecule has 0 saturated heterocycles. The normalized spacial score (nSPS) is 11.7. The standard InChI is InChI=1S/3C24BF20.3H2I/c3*26-5-1(6(27)14(35)21(42)13(5)34)25(2-7(28)15(36)22(43)16(37)8(2)29,3-9(30)17(38)23(44)18(39)10(3)31)4-11(32)19(40)24(45)20(41)12(4)33;;;/h;;;3*1H2/q3*-1;3*+1. The molecule has 0 saturated carbocycles. The van der Waals surface area contributed by atoms with E-state index in [0.717, 1.165) is 0 Å². The van der Waals surface area contributed by atoms with Crippen molar-refractivity contribution in [3.05, 3.63) is 349 Å². The predicted octanol–water partition coefficient (Wildman–Crippen LogP) is 6.94. The van der Waals surface area contributed by atoms with Crippen molar-refractivity contribution in [2.75, 3.05) is 0 Å². The summed E-state index contributed by atoms with van der Waals surface area (Å²) in [5.41, 5.74) is -43.0. The van der Waals surface area contributed by atoms with Gasteiger partial charge in [-0.3, -0.25) is 0 Å². The third kappa shape index (κ3) is 15.7. The number of benzene rings is 12. The Labute approximate surface area is 764 Å². The SMILES string of the molecule is Fc1c(F)c(F)c([B-](c2c(F)c(F)c(F)c(F)c2F)(c2c(F)c(F)c(F)c(F)c2F)c2c(F)c(F)c(F)c(F)c2F)c(F)c1F.Fc1c(F)c(F)c([B-](c2c(F)c(F)c(F)c(F)c2F)(c2c(F)c(F)c(F)c(F)c2F)c2c(F)c(F)c(F)c(F)c2F)c(F)c1F.Fc1c(F)c(F)c([B-](c2c(F)c(F)c(F)c(F)c2F)(c2c(F)c(F)c(F)c(F)c2F)c2c(F)c(F)c(F)c(F)c2F)c(F)c1F.[IH2+].[IH2+].[IH2+]. The topological polar surface area (TPSA) is 0 Å². The maximum Gasteiger partial charge on any atom is 0.235 e. The molecule has 138 heavy (non-hydrogen) atoms. The van der Waals surface area contributed by atoms with E-state index < -0.39 is 433 Å². The fraction of sp³-hybridized carbons (Fsp3) is 0. The molecule has 0 aromatic heterocycles. The first kappa shape index (κ1) is 114. The van der Waals surface area contributed by atoms with E-state index in [0.29, 0.717) is 0 Å². The molecule has 0 N–H and O–H groups in total.